The summed E-state index contributed by atoms with van der Waals surface area (Å²) in [5.74, 6) is -0.0106. The highest BCUT2D eigenvalue weighted by atomic mass is 32.2. The average Bonchev–Trinajstić information content (AvgIpc) is 2.87. The topological polar surface area (TPSA) is 61.2 Å². The van der Waals surface area contributed by atoms with Crippen LogP contribution in [0.5, 0.6) is 5.75 Å². The van der Waals surface area contributed by atoms with Gasteiger partial charge in [-0.15, -0.1) is 0 Å². The molecule has 2 rings (SSSR count). The van der Waals surface area contributed by atoms with Gasteiger partial charge in [0.1, 0.15) is 11.9 Å². The molecule has 0 amide bonds. The summed E-state index contributed by atoms with van der Waals surface area (Å²) in [4.78, 5) is 0. The first-order valence-electron chi connectivity index (χ1n) is 6.17. The van der Waals surface area contributed by atoms with E-state index >= 15 is 0 Å². The fourth-order valence-corrected chi connectivity index (χ4v) is 2.70. The number of hydrogen-bond acceptors (Lipinski definition) is 4. The lowest BCUT2D eigenvalue weighted by molar-refractivity contribution is -0.137. The van der Waals surface area contributed by atoms with Crippen LogP contribution in [0.3, 0.4) is 0 Å². The molecule has 0 spiro atoms. The largest absolute Gasteiger partial charge is 0.484 e. The molecule has 0 N–H and O–H groups in total. The molecule has 0 aliphatic heterocycles. The minimum absolute atomic E-state index is 0.0106. The number of nitrogens with zero attached hydrogens (tertiary/aromatic N) is 2. The number of ether oxygens (including phenoxy) is 1. The standard InChI is InChI=1S/C13H13F3N2O3S/c1-9(12-6-7-17-18(12)22(2,19)20)21-11-5-3-4-10(8-11)13(14,15)16/h3-9H,1-2H3/t9-/m1/s1. The molecule has 0 bridgehead atoms. The molecule has 1 heterocycles. The van der Waals surface area contributed by atoms with Gasteiger partial charge in [0.2, 0.25) is 0 Å². The zero-order valence-corrected chi connectivity index (χ0v) is 12.5. The quantitative estimate of drug-likeness (QED) is 0.863. The van der Waals surface area contributed by atoms with Gasteiger partial charge in [0.05, 0.1) is 23.7 Å². The number of alkyl halides is 3. The van der Waals surface area contributed by atoms with Gasteiger partial charge < -0.3 is 4.74 Å². The van der Waals surface area contributed by atoms with E-state index in [1.807, 2.05) is 0 Å². The van der Waals surface area contributed by atoms with Crippen LogP contribution in [0, 0.1) is 0 Å². The van der Waals surface area contributed by atoms with E-state index in [9.17, 15) is 21.6 Å². The smallest absolute Gasteiger partial charge is 0.416 e. The Kier molecular flexibility index (Phi) is 4.19. The van der Waals surface area contributed by atoms with E-state index < -0.39 is 27.9 Å². The average molecular weight is 334 g/mol. The van der Waals surface area contributed by atoms with E-state index in [2.05, 4.69) is 5.10 Å². The molecule has 1 aromatic carbocycles. The van der Waals surface area contributed by atoms with Gasteiger partial charge in [-0.2, -0.15) is 22.4 Å². The predicted octanol–water partition coefficient (Wildman–Crippen LogP) is 2.85. The Hall–Kier alpha value is -2.03. The fourth-order valence-electron chi connectivity index (χ4n) is 1.88. The molecule has 0 saturated carbocycles. The van der Waals surface area contributed by atoms with Gasteiger partial charge in [-0.25, -0.2) is 8.42 Å². The Labute approximate surface area is 125 Å². The second-order valence-corrected chi connectivity index (χ2v) is 6.46. The molecule has 0 aliphatic rings. The molecule has 5 nitrogen and oxygen atoms in total. The summed E-state index contributed by atoms with van der Waals surface area (Å²) >= 11 is 0. The monoisotopic (exact) mass is 334 g/mol. The lowest BCUT2D eigenvalue weighted by Crippen LogP contribution is -2.18. The van der Waals surface area contributed by atoms with Crippen LogP contribution in [0.1, 0.15) is 24.3 Å². The molecule has 0 unspecified atom stereocenters. The van der Waals surface area contributed by atoms with E-state index in [1.165, 1.54) is 31.3 Å². The van der Waals surface area contributed by atoms with Crippen molar-refractivity contribution >= 4 is 10.0 Å². The lowest BCUT2D eigenvalue weighted by atomic mass is 10.2. The zero-order chi connectivity index (χ0) is 16.5. The van der Waals surface area contributed by atoms with Crippen LogP contribution < -0.4 is 4.74 Å². The summed E-state index contributed by atoms with van der Waals surface area (Å²) in [7, 11) is -3.61. The van der Waals surface area contributed by atoms with Gasteiger partial charge in [0.15, 0.2) is 0 Å². The molecule has 0 fully saturated rings. The van der Waals surface area contributed by atoms with Crippen molar-refractivity contribution in [3.8, 4) is 5.75 Å². The van der Waals surface area contributed by atoms with Crippen LogP contribution in [0.2, 0.25) is 0 Å². The number of hydrogen-bond donors (Lipinski definition) is 0. The minimum Gasteiger partial charge on any atom is -0.484 e. The van der Waals surface area contributed by atoms with Gasteiger partial charge in [-0.05, 0) is 31.2 Å². The Bertz CT molecular complexity index is 769. The third kappa shape index (κ3) is 3.59. The van der Waals surface area contributed by atoms with Crippen molar-refractivity contribution in [2.45, 2.75) is 19.2 Å². The molecular weight excluding hydrogens is 321 g/mol. The van der Waals surface area contributed by atoms with Crippen molar-refractivity contribution in [3.05, 3.63) is 47.8 Å². The van der Waals surface area contributed by atoms with Crippen LogP contribution in [0.15, 0.2) is 36.5 Å². The predicted molar refractivity (Wildman–Crippen MR) is 73.0 cm³/mol. The summed E-state index contributed by atoms with van der Waals surface area (Å²) in [5.41, 5.74) is -0.617. The maximum absolute atomic E-state index is 12.7. The number of rotatable bonds is 4. The molecule has 120 valence electrons. The van der Waals surface area contributed by atoms with Crippen molar-refractivity contribution in [3.63, 3.8) is 0 Å². The molecule has 9 heteroatoms. The first-order valence-corrected chi connectivity index (χ1v) is 8.02. The van der Waals surface area contributed by atoms with Gasteiger partial charge in [0, 0.05) is 0 Å². The Morgan fingerprint density at radius 1 is 1.27 bits per heavy atom. The highest BCUT2D eigenvalue weighted by Crippen LogP contribution is 2.32. The van der Waals surface area contributed by atoms with Crippen LogP contribution in [-0.4, -0.2) is 23.9 Å². The van der Waals surface area contributed by atoms with Crippen molar-refractivity contribution < 1.29 is 26.3 Å². The highest BCUT2D eigenvalue weighted by molar-refractivity contribution is 7.89. The first-order chi connectivity index (χ1) is 10.1. The second-order valence-electron chi connectivity index (χ2n) is 4.65. The maximum Gasteiger partial charge on any atom is 0.416 e. The van der Waals surface area contributed by atoms with Crippen LogP contribution in [0.25, 0.3) is 0 Å². The van der Waals surface area contributed by atoms with Gasteiger partial charge in [0.25, 0.3) is 10.0 Å². The third-order valence-corrected chi connectivity index (χ3v) is 3.78. The normalized spacial score (nSPS) is 13.9. The number of aromatic nitrogens is 2. The van der Waals surface area contributed by atoms with Gasteiger partial charge in [-0.3, -0.25) is 0 Å². The van der Waals surface area contributed by atoms with Crippen molar-refractivity contribution in [2.75, 3.05) is 6.26 Å². The van der Waals surface area contributed by atoms with Crippen LogP contribution in [-0.2, 0) is 16.2 Å². The summed E-state index contributed by atoms with van der Waals surface area (Å²) < 4.78 is 67.2. The van der Waals surface area contributed by atoms with E-state index in [4.69, 9.17) is 4.74 Å². The SMILES string of the molecule is C[C@@H](Oc1cccc(C(F)(F)F)c1)c1ccnn1S(C)(=O)=O. The van der Waals surface area contributed by atoms with E-state index in [-0.39, 0.29) is 11.4 Å². The highest BCUT2D eigenvalue weighted by Gasteiger charge is 2.30. The summed E-state index contributed by atoms with van der Waals surface area (Å²) in [6.07, 6.45) is -3.01. The molecule has 2 aromatic rings. The summed E-state index contributed by atoms with van der Waals surface area (Å²) in [5, 5.41) is 3.68. The lowest BCUT2D eigenvalue weighted by Gasteiger charge is -2.16. The van der Waals surface area contributed by atoms with Gasteiger partial charge >= 0.3 is 6.18 Å². The molecule has 22 heavy (non-hydrogen) atoms. The molecule has 0 aliphatic carbocycles. The molecule has 1 aromatic heterocycles. The Balaban J connectivity index is 2.27. The van der Waals surface area contributed by atoms with E-state index in [0.717, 1.165) is 22.5 Å². The van der Waals surface area contributed by atoms with Gasteiger partial charge in [-0.1, -0.05) is 6.07 Å². The molecule has 0 saturated heterocycles. The zero-order valence-electron chi connectivity index (χ0n) is 11.7. The Morgan fingerprint density at radius 3 is 2.55 bits per heavy atom. The van der Waals surface area contributed by atoms with E-state index in [0.29, 0.717) is 0 Å². The number of halogens is 3. The van der Waals surface area contributed by atoms with Crippen molar-refractivity contribution in [1.29, 1.82) is 0 Å². The first kappa shape index (κ1) is 16.3. The molecule has 1 atom stereocenters. The summed E-state index contributed by atoms with van der Waals surface area (Å²) in [6, 6.07) is 5.81. The summed E-state index contributed by atoms with van der Waals surface area (Å²) in [6.45, 7) is 1.53. The minimum atomic E-state index is -4.48. The van der Waals surface area contributed by atoms with Crippen molar-refractivity contribution in [1.82, 2.24) is 9.19 Å². The number of benzene rings is 1. The van der Waals surface area contributed by atoms with E-state index in [1.54, 1.807) is 0 Å². The molecule has 0 radical (unpaired) electrons. The maximum atomic E-state index is 12.7. The van der Waals surface area contributed by atoms with Crippen LogP contribution >= 0.6 is 0 Å². The van der Waals surface area contributed by atoms with Crippen molar-refractivity contribution in [2.24, 2.45) is 0 Å². The van der Waals surface area contributed by atoms with Crippen LogP contribution in [0.4, 0.5) is 13.2 Å². The molecular formula is C13H13F3N2O3S. The fraction of sp³-hybridized carbons (Fsp3) is 0.308. The second kappa shape index (κ2) is 5.64. The third-order valence-electron chi connectivity index (χ3n) is 2.84. The Morgan fingerprint density at radius 2 is 1.95 bits per heavy atom.